The molecule has 1 aromatic heterocycles. The monoisotopic (exact) mass is 424 g/mol. The highest BCUT2D eigenvalue weighted by Crippen LogP contribution is 2.25. The van der Waals surface area contributed by atoms with Crippen molar-refractivity contribution in [3.05, 3.63) is 45.4 Å². The molecular formula is C20H25ClN2O4S. The predicted octanol–water partition coefficient (Wildman–Crippen LogP) is 3.16. The molecule has 0 fully saturated rings. The largest absolute Gasteiger partial charge is 0.491 e. The Bertz CT molecular complexity index is 772. The second kappa shape index (κ2) is 10.2. The molecule has 152 valence electrons. The average molecular weight is 425 g/mol. The van der Waals surface area contributed by atoms with Gasteiger partial charge in [0.1, 0.15) is 18.5 Å². The summed E-state index contributed by atoms with van der Waals surface area (Å²) in [5, 5.41) is 23.4. The SMILES string of the molecule is O=C(c1nccs1)N1CCCCCc2cc(Cl)ccc2OC[C@@H](O)[C@@H](O)CC1. The summed E-state index contributed by atoms with van der Waals surface area (Å²) >= 11 is 7.42. The van der Waals surface area contributed by atoms with Gasteiger partial charge in [-0.3, -0.25) is 4.79 Å². The van der Waals surface area contributed by atoms with E-state index >= 15 is 0 Å². The van der Waals surface area contributed by atoms with E-state index in [9.17, 15) is 15.0 Å². The lowest BCUT2D eigenvalue weighted by molar-refractivity contribution is -0.0153. The smallest absolute Gasteiger partial charge is 0.282 e. The van der Waals surface area contributed by atoms with E-state index in [0.29, 0.717) is 28.9 Å². The van der Waals surface area contributed by atoms with Crippen molar-refractivity contribution in [2.75, 3.05) is 19.7 Å². The number of aryl methyl sites for hydroxylation is 1. The molecule has 28 heavy (non-hydrogen) atoms. The standard InChI is InChI=1S/C20H25ClN2O4S/c21-15-5-6-18-14(12-15)4-2-1-3-9-23(20(26)19-22-8-11-28-19)10-7-16(24)17(25)13-27-18/h5-6,8,11-12,16-17,24-25H,1-4,7,9-10,13H2/t16-,17+/m0/s1. The molecule has 8 heteroatoms. The maximum Gasteiger partial charge on any atom is 0.282 e. The van der Waals surface area contributed by atoms with Crippen molar-refractivity contribution in [2.24, 2.45) is 0 Å². The van der Waals surface area contributed by atoms with Crippen LogP contribution < -0.4 is 4.74 Å². The fourth-order valence-corrected chi connectivity index (χ4v) is 4.02. The first kappa shape index (κ1) is 21.0. The van der Waals surface area contributed by atoms with Crippen molar-refractivity contribution in [3.8, 4) is 5.75 Å². The Balaban J connectivity index is 1.71. The van der Waals surface area contributed by atoms with Gasteiger partial charge in [0.25, 0.3) is 5.91 Å². The topological polar surface area (TPSA) is 82.9 Å². The fraction of sp³-hybridized carbons (Fsp3) is 0.500. The minimum Gasteiger partial charge on any atom is -0.491 e. The molecule has 3 rings (SSSR count). The van der Waals surface area contributed by atoms with Crippen LogP contribution in [0, 0.1) is 0 Å². The maximum atomic E-state index is 12.7. The number of thiazole rings is 1. The molecule has 0 unspecified atom stereocenters. The van der Waals surface area contributed by atoms with E-state index in [2.05, 4.69) is 4.98 Å². The van der Waals surface area contributed by atoms with Gasteiger partial charge in [0.05, 0.1) is 6.10 Å². The molecule has 1 aliphatic rings. The van der Waals surface area contributed by atoms with Gasteiger partial charge in [-0.2, -0.15) is 0 Å². The highest BCUT2D eigenvalue weighted by molar-refractivity contribution is 7.11. The molecule has 1 aromatic carbocycles. The molecular weight excluding hydrogens is 400 g/mol. The van der Waals surface area contributed by atoms with E-state index in [4.69, 9.17) is 16.3 Å². The van der Waals surface area contributed by atoms with Gasteiger partial charge in [-0.25, -0.2) is 4.98 Å². The minimum atomic E-state index is -1.04. The first-order valence-corrected chi connectivity index (χ1v) is 10.8. The number of carbonyl (C=O) groups excluding carboxylic acids is 1. The van der Waals surface area contributed by atoms with Crippen LogP contribution in [-0.2, 0) is 6.42 Å². The number of ether oxygens (including phenoxy) is 1. The Hall–Kier alpha value is -1.67. The van der Waals surface area contributed by atoms with Crippen LogP contribution in [0.5, 0.6) is 5.75 Å². The maximum absolute atomic E-state index is 12.7. The van der Waals surface area contributed by atoms with Gasteiger partial charge in [0.15, 0.2) is 5.01 Å². The van der Waals surface area contributed by atoms with E-state index < -0.39 is 12.2 Å². The van der Waals surface area contributed by atoms with E-state index in [1.807, 2.05) is 6.07 Å². The number of rotatable bonds is 1. The van der Waals surface area contributed by atoms with Gasteiger partial charge in [0, 0.05) is 29.7 Å². The Kier molecular flexibility index (Phi) is 7.67. The molecule has 2 atom stereocenters. The molecule has 0 saturated heterocycles. The van der Waals surface area contributed by atoms with Crippen LogP contribution in [-0.4, -0.2) is 57.9 Å². The number of benzene rings is 1. The summed E-state index contributed by atoms with van der Waals surface area (Å²) in [7, 11) is 0. The van der Waals surface area contributed by atoms with Crippen molar-refractivity contribution in [3.63, 3.8) is 0 Å². The molecule has 1 amide bonds. The van der Waals surface area contributed by atoms with Crippen molar-refractivity contribution in [1.29, 1.82) is 0 Å². The summed E-state index contributed by atoms with van der Waals surface area (Å²) < 4.78 is 5.75. The Labute approximate surface area is 173 Å². The third-order valence-electron chi connectivity index (χ3n) is 4.85. The number of fused-ring (bicyclic) bond motifs is 1. The van der Waals surface area contributed by atoms with E-state index in [1.165, 1.54) is 11.3 Å². The lowest BCUT2D eigenvalue weighted by Crippen LogP contribution is -2.38. The van der Waals surface area contributed by atoms with Crippen LogP contribution in [0.1, 0.15) is 41.0 Å². The molecule has 2 heterocycles. The van der Waals surface area contributed by atoms with Gasteiger partial charge >= 0.3 is 0 Å². The molecule has 2 aromatic rings. The number of halogens is 1. The van der Waals surface area contributed by atoms with Crippen LogP contribution in [0.2, 0.25) is 5.02 Å². The zero-order chi connectivity index (χ0) is 19.9. The minimum absolute atomic E-state index is 0.0176. The van der Waals surface area contributed by atoms with Gasteiger partial charge in [-0.05, 0) is 49.4 Å². The molecule has 0 aliphatic carbocycles. The lowest BCUT2D eigenvalue weighted by atomic mass is 10.0. The Morgan fingerprint density at radius 2 is 2.07 bits per heavy atom. The highest BCUT2D eigenvalue weighted by atomic mass is 35.5. The summed E-state index contributed by atoms with van der Waals surface area (Å²) in [6.07, 6.45) is 3.42. The fourth-order valence-electron chi connectivity index (χ4n) is 3.23. The van der Waals surface area contributed by atoms with Crippen molar-refractivity contribution in [1.82, 2.24) is 9.88 Å². The van der Waals surface area contributed by atoms with Crippen molar-refractivity contribution in [2.45, 2.75) is 44.3 Å². The second-order valence-corrected chi connectivity index (χ2v) is 8.26. The summed E-state index contributed by atoms with van der Waals surface area (Å²) in [5.74, 6) is 0.561. The van der Waals surface area contributed by atoms with Gasteiger partial charge < -0.3 is 19.8 Å². The first-order valence-electron chi connectivity index (χ1n) is 9.50. The van der Waals surface area contributed by atoms with Gasteiger partial charge in [-0.1, -0.05) is 18.0 Å². The zero-order valence-corrected chi connectivity index (χ0v) is 17.2. The third-order valence-corrected chi connectivity index (χ3v) is 5.84. The van der Waals surface area contributed by atoms with Crippen LogP contribution in [0.15, 0.2) is 29.8 Å². The van der Waals surface area contributed by atoms with Crippen LogP contribution >= 0.6 is 22.9 Å². The molecule has 0 bridgehead atoms. The van der Waals surface area contributed by atoms with E-state index in [0.717, 1.165) is 31.2 Å². The van der Waals surface area contributed by atoms with Gasteiger partial charge in [0.2, 0.25) is 0 Å². The molecule has 0 radical (unpaired) electrons. The predicted molar refractivity (Wildman–Crippen MR) is 109 cm³/mol. The number of aliphatic hydroxyl groups is 2. The van der Waals surface area contributed by atoms with Crippen molar-refractivity contribution < 1.29 is 19.7 Å². The van der Waals surface area contributed by atoms with Gasteiger partial charge in [-0.15, -0.1) is 11.3 Å². The number of nitrogens with zero attached hydrogens (tertiary/aromatic N) is 2. The number of amides is 1. The number of aromatic nitrogens is 1. The van der Waals surface area contributed by atoms with Crippen LogP contribution in [0.4, 0.5) is 0 Å². The molecule has 0 spiro atoms. The summed E-state index contributed by atoms with van der Waals surface area (Å²) in [6, 6.07) is 5.44. The third kappa shape index (κ3) is 5.67. The van der Waals surface area contributed by atoms with Crippen LogP contribution in [0.3, 0.4) is 0 Å². The first-order chi connectivity index (χ1) is 13.5. The summed E-state index contributed by atoms with van der Waals surface area (Å²) in [5.41, 5.74) is 0.988. The second-order valence-electron chi connectivity index (χ2n) is 6.93. The summed E-state index contributed by atoms with van der Waals surface area (Å²) in [6.45, 7) is 0.944. The average Bonchev–Trinajstić information content (AvgIpc) is 3.22. The number of aliphatic hydroxyl groups excluding tert-OH is 2. The molecule has 6 nitrogen and oxygen atoms in total. The Morgan fingerprint density at radius 1 is 1.21 bits per heavy atom. The van der Waals surface area contributed by atoms with Crippen LogP contribution in [0.25, 0.3) is 0 Å². The zero-order valence-electron chi connectivity index (χ0n) is 15.6. The highest BCUT2D eigenvalue weighted by Gasteiger charge is 2.23. The van der Waals surface area contributed by atoms with E-state index in [-0.39, 0.29) is 18.9 Å². The summed E-state index contributed by atoms with van der Waals surface area (Å²) in [4.78, 5) is 18.5. The van der Waals surface area contributed by atoms with Crippen molar-refractivity contribution >= 4 is 28.8 Å². The lowest BCUT2D eigenvalue weighted by Gasteiger charge is -2.25. The molecule has 0 saturated carbocycles. The quantitative estimate of drug-likeness (QED) is 0.734. The van der Waals surface area contributed by atoms with E-state index in [1.54, 1.807) is 28.6 Å². The number of hydrogen-bond acceptors (Lipinski definition) is 6. The normalized spacial score (nSPS) is 22.0. The molecule has 2 N–H and O–H groups in total. The molecule has 1 aliphatic heterocycles. The number of hydrogen-bond donors (Lipinski definition) is 2. The number of carbonyl (C=O) groups is 1. The Morgan fingerprint density at radius 3 is 2.86 bits per heavy atom.